The number of carbonyl (C=O) groups is 1. The zero-order valence-electron chi connectivity index (χ0n) is 21.3. The minimum atomic E-state index is -0.0581. The van der Waals surface area contributed by atoms with Crippen LogP contribution < -0.4 is 5.73 Å². The van der Waals surface area contributed by atoms with Crippen molar-refractivity contribution in [2.45, 2.75) is 62.4 Å². The molecular weight excluding hydrogens is 492 g/mol. The fourth-order valence-electron chi connectivity index (χ4n) is 6.70. The third-order valence-corrected chi connectivity index (χ3v) is 8.62. The fraction of sp³-hybridized carbons (Fsp3) is 0.357. The van der Waals surface area contributed by atoms with Gasteiger partial charge in [0.2, 0.25) is 5.82 Å². The van der Waals surface area contributed by atoms with Crippen molar-refractivity contribution >= 4 is 17.4 Å². The molecule has 1 aliphatic carbocycles. The van der Waals surface area contributed by atoms with Crippen LogP contribution in [0.15, 0.2) is 55.2 Å². The Morgan fingerprint density at radius 1 is 0.974 bits per heavy atom. The molecule has 4 aromatic heterocycles. The Balaban J connectivity index is 1.18. The Kier molecular flexibility index (Phi) is 4.88. The summed E-state index contributed by atoms with van der Waals surface area (Å²) < 4.78 is 3.66. The van der Waals surface area contributed by atoms with Crippen molar-refractivity contribution in [3.05, 3.63) is 72.3 Å². The number of piperidine rings is 1. The molecule has 0 spiro atoms. The molecule has 39 heavy (non-hydrogen) atoms. The fourth-order valence-corrected chi connectivity index (χ4v) is 6.70. The van der Waals surface area contributed by atoms with Gasteiger partial charge in [-0.3, -0.25) is 4.79 Å². The number of carbonyl (C=O) groups excluding carboxylic acids is 1. The van der Waals surface area contributed by atoms with E-state index in [0.29, 0.717) is 17.6 Å². The van der Waals surface area contributed by atoms with Crippen LogP contribution in [0.25, 0.3) is 22.5 Å². The highest BCUT2D eigenvalue weighted by molar-refractivity contribution is 5.91. The predicted octanol–water partition coefficient (Wildman–Crippen LogP) is 3.71. The van der Waals surface area contributed by atoms with Crippen LogP contribution in [0.5, 0.6) is 0 Å². The number of nitrogens with zero attached hydrogens (tertiary/aromatic N) is 8. The number of nitrogens with one attached hydrogen (secondary N) is 1. The van der Waals surface area contributed by atoms with Crippen LogP contribution >= 0.6 is 0 Å². The van der Waals surface area contributed by atoms with Crippen molar-refractivity contribution < 1.29 is 4.79 Å². The number of para-hydroxylation sites is 1. The Labute approximate surface area is 224 Å². The molecule has 0 radical (unpaired) electrons. The summed E-state index contributed by atoms with van der Waals surface area (Å²) in [6.07, 6.45) is 13.1. The van der Waals surface area contributed by atoms with Gasteiger partial charge in [-0.2, -0.15) is 14.7 Å². The number of hydrogen-bond acceptors (Lipinski definition) is 7. The second-order valence-electron chi connectivity index (χ2n) is 11.0. The maximum atomic E-state index is 13.2. The number of benzene rings is 1. The summed E-state index contributed by atoms with van der Waals surface area (Å²) in [6, 6.07) is 10.4. The van der Waals surface area contributed by atoms with Crippen molar-refractivity contribution in [2.75, 3.05) is 5.73 Å². The van der Waals surface area contributed by atoms with Gasteiger partial charge in [0.1, 0.15) is 12.1 Å². The van der Waals surface area contributed by atoms with E-state index in [9.17, 15) is 4.79 Å². The number of nitrogens with two attached hydrogens (primary N) is 1. The van der Waals surface area contributed by atoms with Crippen LogP contribution in [-0.4, -0.2) is 62.5 Å². The largest absolute Gasteiger partial charge is 0.383 e. The summed E-state index contributed by atoms with van der Waals surface area (Å²) in [4.78, 5) is 23.4. The minimum absolute atomic E-state index is 0.0581. The van der Waals surface area contributed by atoms with Crippen LogP contribution in [0.3, 0.4) is 0 Å². The van der Waals surface area contributed by atoms with Crippen LogP contribution in [-0.2, 0) is 0 Å². The van der Waals surface area contributed by atoms with Crippen LogP contribution in [0, 0.1) is 0 Å². The van der Waals surface area contributed by atoms with Crippen molar-refractivity contribution in [3.63, 3.8) is 0 Å². The number of H-pyrrole nitrogens is 1. The van der Waals surface area contributed by atoms with Crippen molar-refractivity contribution in [2.24, 2.45) is 0 Å². The summed E-state index contributed by atoms with van der Waals surface area (Å²) in [5.74, 6) is 1.60. The molecule has 2 aliphatic heterocycles. The minimum Gasteiger partial charge on any atom is -0.383 e. The molecule has 2 bridgehead atoms. The smallest absolute Gasteiger partial charge is 0.292 e. The van der Waals surface area contributed by atoms with Gasteiger partial charge >= 0.3 is 0 Å². The zero-order chi connectivity index (χ0) is 26.1. The molecule has 1 saturated carbocycles. The molecule has 1 amide bonds. The van der Waals surface area contributed by atoms with E-state index in [1.165, 1.54) is 6.33 Å². The van der Waals surface area contributed by atoms with Gasteiger partial charge < -0.3 is 15.6 Å². The van der Waals surface area contributed by atoms with Crippen LogP contribution in [0.1, 0.15) is 72.2 Å². The zero-order valence-corrected chi connectivity index (χ0v) is 21.3. The summed E-state index contributed by atoms with van der Waals surface area (Å²) in [7, 11) is 0. The standard InChI is InChI=1S/C28H28N10O/c29-25-23(16-6-7-16)24(17-10-20-8-9-21(11-17)37(20)28(39)26-30-15-31-35-26)34-27-22(13-33-38(25)27)18-12-32-36(14-18)19-4-2-1-3-5-19/h1-5,12-17,20-21H,6-11,29H2,(H,30,31,35)/t17-,20+,21-. The molecule has 5 aromatic rings. The first-order valence-electron chi connectivity index (χ1n) is 13.6. The second-order valence-corrected chi connectivity index (χ2v) is 11.0. The first-order chi connectivity index (χ1) is 19.2. The van der Waals surface area contributed by atoms with E-state index in [0.717, 1.165) is 72.2 Å². The lowest BCUT2D eigenvalue weighted by Crippen LogP contribution is -2.46. The van der Waals surface area contributed by atoms with E-state index in [4.69, 9.17) is 10.7 Å². The Morgan fingerprint density at radius 3 is 2.49 bits per heavy atom. The van der Waals surface area contributed by atoms with E-state index in [-0.39, 0.29) is 23.9 Å². The Morgan fingerprint density at radius 2 is 1.77 bits per heavy atom. The molecule has 8 rings (SSSR count). The Bertz CT molecular complexity index is 1670. The van der Waals surface area contributed by atoms with Crippen molar-refractivity contribution in [1.82, 2.24) is 44.5 Å². The van der Waals surface area contributed by atoms with Gasteiger partial charge in [-0.1, -0.05) is 18.2 Å². The van der Waals surface area contributed by atoms with E-state index in [2.05, 4.69) is 25.4 Å². The molecule has 11 nitrogen and oxygen atoms in total. The Hall–Kier alpha value is -4.54. The van der Waals surface area contributed by atoms with Gasteiger partial charge in [-0.25, -0.2) is 9.67 Å². The summed E-state index contributed by atoms with van der Waals surface area (Å²) in [5, 5.41) is 17.0. The molecule has 1 aromatic carbocycles. The first-order valence-corrected chi connectivity index (χ1v) is 13.6. The van der Waals surface area contributed by atoms with Gasteiger partial charge in [0.05, 0.1) is 23.8 Å². The molecule has 3 N–H and O–H groups in total. The molecule has 3 fully saturated rings. The highest BCUT2D eigenvalue weighted by Crippen LogP contribution is 2.50. The molecule has 0 unspecified atom stereocenters. The predicted molar refractivity (Wildman–Crippen MR) is 143 cm³/mol. The molecule has 11 heteroatoms. The molecule has 6 heterocycles. The normalized spacial score (nSPS) is 22.6. The second kappa shape index (κ2) is 8.48. The van der Waals surface area contributed by atoms with Crippen molar-refractivity contribution in [3.8, 4) is 16.8 Å². The molecule has 2 saturated heterocycles. The highest BCUT2D eigenvalue weighted by atomic mass is 16.2. The lowest BCUT2D eigenvalue weighted by molar-refractivity contribution is 0.0557. The van der Waals surface area contributed by atoms with E-state index in [1.807, 2.05) is 58.5 Å². The quantitative estimate of drug-likeness (QED) is 0.360. The lowest BCUT2D eigenvalue weighted by Gasteiger charge is -2.39. The van der Waals surface area contributed by atoms with E-state index in [1.54, 1.807) is 4.52 Å². The lowest BCUT2D eigenvalue weighted by atomic mass is 9.85. The topological polar surface area (TPSA) is 136 Å². The van der Waals surface area contributed by atoms with Crippen LogP contribution in [0.4, 0.5) is 5.82 Å². The third-order valence-electron chi connectivity index (χ3n) is 8.62. The van der Waals surface area contributed by atoms with Gasteiger partial charge in [-0.05, 0) is 56.6 Å². The third kappa shape index (κ3) is 3.56. The average Bonchev–Trinajstić information content (AvgIpc) is 3.35. The number of fused-ring (bicyclic) bond motifs is 3. The van der Waals surface area contributed by atoms with Gasteiger partial charge in [0.15, 0.2) is 5.65 Å². The first kappa shape index (κ1) is 22.4. The highest BCUT2D eigenvalue weighted by Gasteiger charge is 2.46. The number of aromatic nitrogens is 8. The van der Waals surface area contributed by atoms with E-state index < -0.39 is 0 Å². The van der Waals surface area contributed by atoms with Gasteiger partial charge in [-0.15, -0.1) is 10.2 Å². The SMILES string of the molecule is Nc1c(C2CC2)c([C@H]2C[C@H]3CC[C@@H](C2)N3C(=O)c2nnc[nH]2)nc2c(-c3cnn(-c4ccccc4)c3)cnn12. The average molecular weight is 521 g/mol. The van der Waals surface area contributed by atoms with E-state index >= 15 is 0 Å². The number of aromatic amines is 1. The monoisotopic (exact) mass is 520 g/mol. The number of nitrogen functional groups attached to an aromatic ring is 1. The summed E-state index contributed by atoms with van der Waals surface area (Å²) in [6.45, 7) is 0. The van der Waals surface area contributed by atoms with Gasteiger partial charge in [0, 0.05) is 40.9 Å². The van der Waals surface area contributed by atoms with Gasteiger partial charge in [0.25, 0.3) is 5.91 Å². The number of amides is 1. The molecule has 196 valence electrons. The molecular formula is C28H28N10O. The number of rotatable bonds is 5. The molecule has 3 atom stereocenters. The number of hydrogen-bond donors (Lipinski definition) is 2. The van der Waals surface area contributed by atoms with Crippen molar-refractivity contribution in [1.29, 1.82) is 0 Å². The number of anilines is 1. The maximum absolute atomic E-state index is 13.2. The summed E-state index contributed by atoms with van der Waals surface area (Å²) in [5.41, 5.74) is 12.7. The maximum Gasteiger partial charge on any atom is 0.292 e. The molecule has 3 aliphatic rings. The van der Waals surface area contributed by atoms with Crippen LogP contribution in [0.2, 0.25) is 0 Å². The summed E-state index contributed by atoms with van der Waals surface area (Å²) >= 11 is 0.